The summed E-state index contributed by atoms with van der Waals surface area (Å²) in [6.07, 6.45) is 3.11. The Hall–Kier alpha value is -2.08. The molecule has 1 aliphatic heterocycles. The van der Waals surface area contributed by atoms with Crippen LogP contribution in [-0.4, -0.2) is 47.1 Å². The highest BCUT2D eigenvalue weighted by Gasteiger charge is 2.22. The van der Waals surface area contributed by atoms with E-state index < -0.39 is 0 Å². The molecule has 1 saturated heterocycles. The molecule has 2 amide bonds. The molecule has 3 rings (SSSR count). The van der Waals surface area contributed by atoms with E-state index in [0.717, 1.165) is 17.0 Å². The fourth-order valence-electron chi connectivity index (χ4n) is 2.31. The molecular weight excluding hydrogens is 371 g/mol. The fraction of sp³-hybridized carbons (Fsp3) is 0.286. The lowest BCUT2D eigenvalue weighted by molar-refractivity contribution is 0.208. The number of hydrogen-bond donors (Lipinski definition) is 1. The molecule has 0 spiro atoms. The Morgan fingerprint density at radius 3 is 2.62 bits per heavy atom. The molecule has 2 aromatic rings. The van der Waals surface area contributed by atoms with Crippen LogP contribution in [0.3, 0.4) is 0 Å². The normalized spacial score (nSPS) is 14.4. The summed E-state index contributed by atoms with van der Waals surface area (Å²) in [5.74, 6) is 0. The van der Waals surface area contributed by atoms with Crippen LogP contribution in [0.15, 0.2) is 18.5 Å². The van der Waals surface area contributed by atoms with Gasteiger partial charge in [0.1, 0.15) is 16.1 Å². The summed E-state index contributed by atoms with van der Waals surface area (Å²) in [6.45, 7) is 2.44. The summed E-state index contributed by atoms with van der Waals surface area (Å²) < 4.78 is 0. The molecule has 0 unspecified atom stereocenters. The Balaban J connectivity index is 1.57. The molecule has 0 saturated carbocycles. The smallest absolute Gasteiger partial charge is 0.323 e. The average Bonchev–Trinajstić information content (AvgIpc) is 3.05. The van der Waals surface area contributed by atoms with E-state index in [0.29, 0.717) is 41.2 Å². The van der Waals surface area contributed by atoms with Crippen LogP contribution in [0.4, 0.5) is 15.6 Å². The molecule has 2 aromatic heterocycles. The highest BCUT2D eigenvalue weighted by molar-refractivity contribution is 7.16. The van der Waals surface area contributed by atoms with Gasteiger partial charge in [0.25, 0.3) is 0 Å². The Morgan fingerprint density at radius 1 is 1.25 bits per heavy atom. The van der Waals surface area contributed by atoms with Crippen LogP contribution in [0.2, 0.25) is 10.2 Å². The Morgan fingerprint density at radius 2 is 2.00 bits per heavy atom. The standard InChI is InChI=1S/C14H12Cl2N6OS/c15-11-5-9(7-18-12(11)16)21-1-3-22(4-2-21)14(23)20-13-19-8-10(6-17)24-13/h5,7-8H,1-4H2,(H,19,20,23). The summed E-state index contributed by atoms with van der Waals surface area (Å²) in [6, 6.07) is 3.54. The minimum absolute atomic E-state index is 0.222. The molecule has 0 radical (unpaired) electrons. The van der Waals surface area contributed by atoms with E-state index in [1.54, 1.807) is 17.2 Å². The summed E-state index contributed by atoms with van der Waals surface area (Å²) in [4.78, 5) is 24.5. The number of pyridine rings is 1. The number of anilines is 2. The van der Waals surface area contributed by atoms with E-state index >= 15 is 0 Å². The van der Waals surface area contributed by atoms with Crippen LogP contribution in [0.5, 0.6) is 0 Å². The number of carbonyl (C=O) groups excluding carboxylic acids is 1. The average molecular weight is 383 g/mol. The third-order valence-corrected chi connectivity index (χ3v) is 5.05. The molecule has 7 nitrogen and oxygen atoms in total. The lowest BCUT2D eigenvalue weighted by Crippen LogP contribution is -2.50. The number of piperazine rings is 1. The lowest BCUT2D eigenvalue weighted by atomic mass is 10.3. The summed E-state index contributed by atoms with van der Waals surface area (Å²) in [5.41, 5.74) is 0.878. The van der Waals surface area contributed by atoms with Crippen molar-refractivity contribution in [2.75, 3.05) is 36.4 Å². The van der Waals surface area contributed by atoms with Gasteiger partial charge in [-0.25, -0.2) is 14.8 Å². The maximum absolute atomic E-state index is 12.2. The fourth-order valence-corrected chi connectivity index (χ4v) is 3.17. The number of rotatable bonds is 2. The number of nitrogens with zero attached hydrogens (tertiary/aromatic N) is 5. The summed E-state index contributed by atoms with van der Waals surface area (Å²) >= 11 is 13.0. The molecule has 0 aromatic carbocycles. The van der Waals surface area contributed by atoms with Crippen LogP contribution in [0.25, 0.3) is 0 Å². The van der Waals surface area contributed by atoms with E-state index in [1.807, 2.05) is 6.07 Å². The van der Waals surface area contributed by atoms with Crippen LogP contribution in [0, 0.1) is 11.3 Å². The number of hydrogen-bond acceptors (Lipinski definition) is 6. The minimum Gasteiger partial charge on any atom is -0.367 e. The summed E-state index contributed by atoms with van der Waals surface area (Å²) in [7, 11) is 0. The molecule has 10 heteroatoms. The molecule has 1 aliphatic rings. The van der Waals surface area contributed by atoms with Gasteiger partial charge in [-0.2, -0.15) is 5.26 Å². The lowest BCUT2D eigenvalue weighted by Gasteiger charge is -2.35. The zero-order valence-corrected chi connectivity index (χ0v) is 14.7. The second-order valence-corrected chi connectivity index (χ2v) is 6.81. The van der Waals surface area contributed by atoms with Gasteiger partial charge in [0.15, 0.2) is 5.13 Å². The predicted octanol–water partition coefficient (Wildman–Crippen LogP) is 3.07. The number of halogens is 2. The topological polar surface area (TPSA) is 85.1 Å². The van der Waals surface area contributed by atoms with E-state index in [-0.39, 0.29) is 11.2 Å². The second kappa shape index (κ2) is 7.21. The molecule has 124 valence electrons. The predicted molar refractivity (Wildman–Crippen MR) is 93.9 cm³/mol. The first-order valence-electron chi connectivity index (χ1n) is 7.04. The van der Waals surface area contributed by atoms with Gasteiger partial charge in [0.2, 0.25) is 0 Å². The molecule has 1 N–H and O–H groups in total. The second-order valence-electron chi connectivity index (χ2n) is 5.01. The van der Waals surface area contributed by atoms with Crippen LogP contribution >= 0.6 is 34.5 Å². The van der Waals surface area contributed by atoms with Gasteiger partial charge in [-0.05, 0) is 6.07 Å². The zero-order valence-electron chi connectivity index (χ0n) is 12.4. The molecule has 3 heterocycles. The zero-order chi connectivity index (χ0) is 17.1. The molecule has 1 fully saturated rings. The van der Waals surface area contributed by atoms with Crippen molar-refractivity contribution in [1.82, 2.24) is 14.9 Å². The van der Waals surface area contributed by atoms with Gasteiger partial charge < -0.3 is 9.80 Å². The number of urea groups is 1. The van der Waals surface area contributed by atoms with Crippen molar-refractivity contribution in [2.24, 2.45) is 0 Å². The Labute approximate surface area is 152 Å². The Bertz CT molecular complexity index is 797. The number of amides is 2. The monoisotopic (exact) mass is 382 g/mol. The van der Waals surface area contributed by atoms with Gasteiger partial charge in [-0.15, -0.1) is 0 Å². The highest BCUT2D eigenvalue weighted by atomic mass is 35.5. The van der Waals surface area contributed by atoms with Crippen LogP contribution in [-0.2, 0) is 0 Å². The Kier molecular flexibility index (Phi) is 5.04. The first kappa shape index (κ1) is 16.8. The van der Waals surface area contributed by atoms with Gasteiger partial charge in [0, 0.05) is 26.2 Å². The first-order chi connectivity index (χ1) is 11.6. The van der Waals surface area contributed by atoms with Gasteiger partial charge in [-0.1, -0.05) is 34.5 Å². The molecule has 0 bridgehead atoms. The number of nitriles is 1. The van der Waals surface area contributed by atoms with Crippen LogP contribution in [0.1, 0.15) is 4.88 Å². The van der Waals surface area contributed by atoms with Crippen LogP contribution < -0.4 is 10.2 Å². The molecule has 0 aliphatic carbocycles. The maximum Gasteiger partial charge on any atom is 0.323 e. The van der Waals surface area contributed by atoms with Crippen molar-refractivity contribution in [2.45, 2.75) is 0 Å². The number of nitrogens with one attached hydrogen (secondary N) is 1. The SMILES string of the molecule is N#Cc1cnc(NC(=O)N2CCN(c3cnc(Cl)c(Cl)c3)CC2)s1. The summed E-state index contributed by atoms with van der Waals surface area (Å²) in [5, 5.41) is 12.6. The van der Waals surface area contributed by atoms with E-state index in [4.69, 9.17) is 28.5 Å². The van der Waals surface area contributed by atoms with Crippen molar-refractivity contribution in [3.05, 3.63) is 33.5 Å². The van der Waals surface area contributed by atoms with Crippen molar-refractivity contribution in [3.63, 3.8) is 0 Å². The largest absolute Gasteiger partial charge is 0.367 e. The number of carbonyl (C=O) groups is 1. The number of aromatic nitrogens is 2. The first-order valence-corrected chi connectivity index (χ1v) is 8.62. The van der Waals surface area contributed by atoms with Crippen molar-refractivity contribution in [1.29, 1.82) is 5.26 Å². The highest BCUT2D eigenvalue weighted by Crippen LogP contribution is 2.25. The third-order valence-electron chi connectivity index (χ3n) is 3.54. The molecule has 0 atom stereocenters. The van der Waals surface area contributed by atoms with E-state index in [1.165, 1.54) is 6.20 Å². The van der Waals surface area contributed by atoms with Gasteiger partial charge in [-0.3, -0.25) is 5.32 Å². The van der Waals surface area contributed by atoms with Crippen molar-refractivity contribution >= 4 is 51.4 Å². The van der Waals surface area contributed by atoms with Crippen molar-refractivity contribution < 1.29 is 4.79 Å². The minimum atomic E-state index is -0.222. The molecule has 24 heavy (non-hydrogen) atoms. The van der Waals surface area contributed by atoms with E-state index in [2.05, 4.69) is 20.2 Å². The number of thiazole rings is 1. The maximum atomic E-state index is 12.2. The third kappa shape index (κ3) is 3.70. The quantitative estimate of drug-likeness (QED) is 0.806. The molecular formula is C14H12Cl2N6OS. The van der Waals surface area contributed by atoms with Gasteiger partial charge in [0.05, 0.1) is 23.1 Å². The van der Waals surface area contributed by atoms with Gasteiger partial charge >= 0.3 is 6.03 Å². The van der Waals surface area contributed by atoms with Crippen molar-refractivity contribution in [3.8, 4) is 6.07 Å². The van der Waals surface area contributed by atoms with E-state index in [9.17, 15) is 4.79 Å².